The lowest BCUT2D eigenvalue weighted by atomic mass is 9.98. The number of aliphatic hydroxyl groups excluding tert-OH is 1. The molecule has 0 heterocycles. The third-order valence-electron chi connectivity index (χ3n) is 5.92. The molecule has 0 bridgehead atoms. The molecule has 8 heteroatoms. The lowest BCUT2D eigenvalue weighted by Gasteiger charge is -2.24. The molecule has 1 aliphatic rings. The third-order valence-corrected chi connectivity index (χ3v) is 5.92. The second-order valence-corrected chi connectivity index (χ2v) is 8.65. The number of alkyl carbamates (subject to hydrolysis) is 1. The number of carboxylic acid groups (broad SMARTS) is 1. The van der Waals surface area contributed by atoms with Crippen molar-refractivity contribution in [3.63, 3.8) is 0 Å². The minimum Gasteiger partial charge on any atom is -0.480 e. The standard InChI is InChI=1S/C25H30N2O6/c1-14(2)21(12-22(29)27-23(15(3)28)24(30)31)26-25(32)33-13-20-18-10-6-4-8-16(18)17-9-5-7-11-19(17)20/h4-11,14-15,20-21,23,28H,12-13H2,1-3H3,(H,26,32)(H,27,29)(H,30,31)/t15?,21-,23?/m1/s1. The van der Waals surface area contributed by atoms with Crippen LogP contribution in [0.25, 0.3) is 11.1 Å². The molecule has 0 saturated carbocycles. The van der Waals surface area contributed by atoms with E-state index >= 15 is 0 Å². The van der Waals surface area contributed by atoms with Crippen molar-refractivity contribution in [1.29, 1.82) is 0 Å². The number of ether oxygens (including phenoxy) is 1. The Kier molecular flexibility index (Phi) is 7.71. The summed E-state index contributed by atoms with van der Waals surface area (Å²) in [6.07, 6.45) is -2.04. The van der Waals surface area contributed by atoms with Gasteiger partial charge in [-0.05, 0) is 35.1 Å². The van der Waals surface area contributed by atoms with Crippen LogP contribution in [0.15, 0.2) is 48.5 Å². The largest absolute Gasteiger partial charge is 0.480 e. The van der Waals surface area contributed by atoms with E-state index in [1.807, 2.05) is 50.2 Å². The first-order valence-corrected chi connectivity index (χ1v) is 11.0. The number of rotatable bonds is 9. The van der Waals surface area contributed by atoms with Crippen LogP contribution in [-0.2, 0) is 14.3 Å². The third kappa shape index (κ3) is 5.70. The fraction of sp³-hybridized carbons (Fsp3) is 0.400. The van der Waals surface area contributed by atoms with Crippen molar-refractivity contribution in [2.75, 3.05) is 6.61 Å². The summed E-state index contributed by atoms with van der Waals surface area (Å²) in [5, 5.41) is 23.7. The number of carbonyl (C=O) groups is 3. The summed E-state index contributed by atoms with van der Waals surface area (Å²) in [7, 11) is 0. The molecule has 0 aromatic heterocycles. The van der Waals surface area contributed by atoms with Crippen molar-refractivity contribution < 1.29 is 29.3 Å². The van der Waals surface area contributed by atoms with Crippen molar-refractivity contribution in [2.45, 2.75) is 51.3 Å². The van der Waals surface area contributed by atoms with E-state index in [9.17, 15) is 19.5 Å². The molecular formula is C25H30N2O6. The molecule has 8 nitrogen and oxygen atoms in total. The van der Waals surface area contributed by atoms with Gasteiger partial charge < -0.3 is 25.6 Å². The molecule has 4 N–H and O–H groups in total. The Labute approximate surface area is 193 Å². The fourth-order valence-electron chi connectivity index (χ4n) is 4.07. The van der Waals surface area contributed by atoms with E-state index in [2.05, 4.69) is 22.8 Å². The molecule has 2 aromatic rings. The average Bonchev–Trinajstić information content (AvgIpc) is 3.09. The van der Waals surface area contributed by atoms with E-state index in [1.54, 1.807) is 0 Å². The molecule has 0 radical (unpaired) electrons. The van der Waals surface area contributed by atoms with Gasteiger partial charge in [-0.3, -0.25) is 4.79 Å². The van der Waals surface area contributed by atoms with Gasteiger partial charge >= 0.3 is 12.1 Å². The van der Waals surface area contributed by atoms with Gasteiger partial charge in [-0.25, -0.2) is 9.59 Å². The molecule has 0 saturated heterocycles. The van der Waals surface area contributed by atoms with Gasteiger partial charge in [-0.1, -0.05) is 62.4 Å². The van der Waals surface area contributed by atoms with Gasteiger partial charge in [0.15, 0.2) is 6.04 Å². The second-order valence-electron chi connectivity index (χ2n) is 8.65. The number of nitrogens with one attached hydrogen (secondary N) is 2. The Morgan fingerprint density at radius 1 is 0.939 bits per heavy atom. The number of amides is 2. The molecule has 0 aliphatic heterocycles. The topological polar surface area (TPSA) is 125 Å². The maximum atomic E-state index is 12.6. The van der Waals surface area contributed by atoms with Gasteiger partial charge in [0.25, 0.3) is 0 Å². The van der Waals surface area contributed by atoms with Crippen LogP contribution in [0.5, 0.6) is 0 Å². The van der Waals surface area contributed by atoms with Crippen LogP contribution in [0.3, 0.4) is 0 Å². The zero-order valence-electron chi connectivity index (χ0n) is 18.9. The van der Waals surface area contributed by atoms with Gasteiger partial charge in [0.1, 0.15) is 6.61 Å². The maximum absolute atomic E-state index is 12.6. The Balaban J connectivity index is 1.61. The normalized spacial score (nSPS) is 15.2. The highest BCUT2D eigenvalue weighted by Gasteiger charge is 2.30. The summed E-state index contributed by atoms with van der Waals surface area (Å²) in [5.41, 5.74) is 4.46. The highest BCUT2D eigenvalue weighted by Crippen LogP contribution is 2.44. The molecule has 3 atom stereocenters. The maximum Gasteiger partial charge on any atom is 0.407 e. The molecule has 176 valence electrons. The lowest BCUT2D eigenvalue weighted by molar-refractivity contribution is -0.144. The van der Waals surface area contributed by atoms with E-state index in [1.165, 1.54) is 6.92 Å². The van der Waals surface area contributed by atoms with Gasteiger partial charge in [-0.2, -0.15) is 0 Å². The van der Waals surface area contributed by atoms with Gasteiger partial charge in [0.2, 0.25) is 5.91 Å². The molecular weight excluding hydrogens is 424 g/mol. The Bertz CT molecular complexity index is 974. The first-order valence-electron chi connectivity index (χ1n) is 11.0. The number of benzene rings is 2. The van der Waals surface area contributed by atoms with Crippen LogP contribution in [0, 0.1) is 5.92 Å². The first kappa shape index (κ1) is 24.3. The molecule has 0 fully saturated rings. The first-order chi connectivity index (χ1) is 15.7. The summed E-state index contributed by atoms with van der Waals surface area (Å²) < 4.78 is 5.54. The number of aliphatic hydroxyl groups is 1. The van der Waals surface area contributed by atoms with Crippen molar-refractivity contribution in [3.8, 4) is 11.1 Å². The number of aliphatic carboxylic acids is 1. The number of fused-ring (bicyclic) bond motifs is 3. The van der Waals surface area contributed by atoms with Crippen molar-refractivity contribution in [1.82, 2.24) is 10.6 Å². The second kappa shape index (κ2) is 10.5. The van der Waals surface area contributed by atoms with E-state index < -0.39 is 36.2 Å². The zero-order valence-corrected chi connectivity index (χ0v) is 18.9. The number of hydrogen-bond acceptors (Lipinski definition) is 5. The predicted octanol–water partition coefficient (Wildman–Crippen LogP) is 2.89. The molecule has 3 rings (SSSR count). The SMILES string of the molecule is CC(O)C(NC(=O)C[C@@H](NC(=O)OCC1c2ccccc2-c2ccccc21)C(C)C)C(=O)O. The molecule has 2 amide bonds. The molecule has 0 spiro atoms. The van der Waals surface area contributed by atoms with Crippen molar-refractivity contribution >= 4 is 18.0 Å². The monoisotopic (exact) mass is 454 g/mol. The van der Waals surface area contributed by atoms with Gasteiger partial charge in [0, 0.05) is 18.4 Å². The minimum absolute atomic E-state index is 0.0775. The van der Waals surface area contributed by atoms with Crippen molar-refractivity contribution in [2.24, 2.45) is 5.92 Å². The number of carbonyl (C=O) groups excluding carboxylic acids is 2. The smallest absolute Gasteiger partial charge is 0.407 e. The van der Waals surface area contributed by atoms with E-state index in [4.69, 9.17) is 9.84 Å². The quantitative estimate of drug-likeness (QED) is 0.462. The van der Waals surface area contributed by atoms with Crippen LogP contribution in [-0.4, -0.2) is 53.0 Å². The summed E-state index contributed by atoms with van der Waals surface area (Å²) in [6.45, 7) is 5.12. The van der Waals surface area contributed by atoms with E-state index in [-0.39, 0.29) is 24.9 Å². The minimum atomic E-state index is -1.42. The average molecular weight is 455 g/mol. The Hall–Kier alpha value is -3.39. The highest BCUT2D eigenvalue weighted by molar-refractivity contribution is 5.84. The molecule has 33 heavy (non-hydrogen) atoms. The Morgan fingerprint density at radius 3 is 1.97 bits per heavy atom. The zero-order chi connectivity index (χ0) is 24.1. The van der Waals surface area contributed by atoms with Crippen molar-refractivity contribution in [3.05, 3.63) is 59.7 Å². The molecule has 1 aliphatic carbocycles. The van der Waals surface area contributed by atoms with Crippen LogP contribution < -0.4 is 10.6 Å². The van der Waals surface area contributed by atoms with Gasteiger partial charge in [-0.15, -0.1) is 0 Å². The van der Waals surface area contributed by atoms with Crippen LogP contribution in [0.2, 0.25) is 0 Å². The van der Waals surface area contributed by atoms with Gasteiger partial charge in [0.05, 0.1) is 6.10 Å². The molecule has 2 aromatic carbocycles. The highest BCUT2D eigenvalue weighted by atomic mass is 16.5. The van der Waals surface area contributed by atoms with Crippen LogP contribution in [0.4, 0.5) is 4.79 Å². The molecule has 2 unspecified atom stereocenters. The number of hydrogen-bond donors (Lipinski definition) is 4. The van der Waals surface area contributed by atoms with E-state index in [0.29, 0.717) is 0 Å². The summed E-state index contributed by atoms with van der Waals surface area (Å²) in [4.78, 5) is 36.1. The summed E-state index contributed by atoms with van der Waals surface area (Å²) in [6, 6.07) is 14.1. The lowest BCUT2D eigenvalue weighted by Crippen LogP contribution is -2.50. The fourth-order valence-corrected chi connectivity index (χ4v) is 4.07. The van der Waals surface area contributed by atoms with E-state index in [0.717, 1.165) is 22.3 Å². The predicted molar refractivity (Wildman–Crippen MR) is 123 cm³/mol. The Morgan fingerprint density at radius 2 is 1.48 bits per heavy atom. The van der Waals surface area contributed by atoms with Crippen LogP contribution >= 0.6 is 0 Å². The number of carboxylic acids is 1. The summed E-state index contributed by atoms with van der Waals surface area (Å²) >= 11 is 0. The van der Waals surface area contributed by atoms with Crippen LogP contribution in [0.1, 0.15) is 44.2 Å². The summed E-state index contributed by atoms with van der Waals surface area (Å²) in [5.74, 6) is -2.10.